The Bertz CT molecular complexity index is 1280. The molecule has 0 radical (unpaired) electrons. The molecule has 0 bridgehead atoms. The van der Waals surface area contributed by atoms with Crippen molar-refractivity contribution >= 4 is 49.0 Å². The van der Waals surface area contributed by atoms with Gasteiger partial charge in [0.15, 0.2) is 0 Å². The summed E-state index contributed by atoms with van der Waals surface area (Å²) in [4.78, 5) is 2.07. The minimum atomic E-state index is -1.99. The van der Waals surface area contributed by atoms with E-state index in [1.54, 1.807) is 0 Å². The summed E-state index contributed by atoms with van der Waals surface area (Å²) in [5, 5.41) is 0. The van der Waals surface area contributed by atoms with Crippen LogP contribution in [-0.4, -0.2) is 47.9 Å². The van der Waals surface area contributed by atoms with Gasteiger partial charge in [-0.05, 0) is 55.2 Å². The van der Waals surface area contributed by atoms with E-state index in [1.807, 2.05) is 98.5 Å². The van der Waals surface area contributed by atoms with Gasteiger partial charge in [0, 0.05) is 71.6 Å². The van der Waals surface area contributed by atoms with Crippen LogP contribution >= 0.6 is 36.7 Å². The zero-order valence-electron chi connectivity index (χ0n) is 18.2. The molecule has 31 heavy (non-hydrogen) atoms. The average Bonchev–Trinajstić information content (AvgIpc) is 3.38. The monoisotopic (exact) mass is 472 g/mol. The Morgan fingerprint density at radius 2 is 1.03 bits per heavy atom. The number of hydrogen-bond donors (Lipinski definition) is 0. The van der Waals surface area contributed by atoms with E-state index in [9.17, 15) is 0 Å². The molecule has 0 aromatic carbocycles. The highest BCUT2D eigenvalue weighted by molar-refractivity contribution is 7.71. The predicted octanol–water partition coefficient (Wildman–Crippen LogP) is 2.58. The highest BCUT2D eigenvalue weighted by Crippen LogP contribution is 2.17. The Labute approximate surface area is 196 Å². The predicted molar refractivity (Wildman–Crippen MR) is 131 cm³/mol. The van der Waals surface area contributed by atoms with Crippen molar-refractivity contribution in [1.82, 2.24) is 27.1 Å². The van der Waals surface area contributed by atoms with Crippen molar-refractivity contribution in [2.45, 2.75) is 0 Å². The van der Waals surface area contributed by atoms with Gasteiger partial charge < -0.3 is 36.5 Å². The average molecular weight is 472 g/mol. The van der Waals surface area contributed by atoms with E-state index in [1.165, 1.54) is 0 Å². The van der Waals surface area contributed by atoms with Crippen LogP contribution in [0, 0.1) is 14.3 Å². The van der Waals surface area contributed by atoms with Crippen LogP contribution in [0.5, 0.6) is 0 Å². The molecule has 0 saturated heterocycles. The second-order valence-corrected chi connectivity index (χ2v) is 8.98. The molecule has 0 unspecified atom stereocenters. The van der Waals surface area contributed by atoms with Crippen LogP contribution in [0.3, 0.4) is 0 Å². The molecule has 4 rings (SSSR count). The number of aryl methyl sites for hydroxylation is 3. The first-order valence-corrected chi connectivity index (χ1v) is 11.0. The zero-order valence-corrected chi connectivity index (χ0v) is 20.6. The normalized spacial score (nSPS) is 11.8. The van der Waals surface area contributed by atoms with E-state index >= 15 is 0 Å². The summed E-state index contributed by atoms with van der Waals surface area (Å²) in [5.41, 5.74) is 1.09. The van der Waals surface area contributed by atoms with Gasteiger partial charge in [0.05, 0.1) is 0 Å². The molecule has 0 N–H and O–H groups in total. The van der Waals surface area contributed by atoms with E-state index in [0.717, 1.165) is 5.69 Å². The van der Waals surface area contributed by atoms with Gasteiger partial charge in [-0.15, -0.1) is 0 Å². The van der Waals surface area contributed by atoms with Crippen molar-refractivity contribution in [2.24, 2.45) is 21.1 Å². The van der Waals surface area contributed by atoms with Gasteiger partial charge in [0.1, 0.15) is 26.7 Å². The number of imidazole rings is 3. The lowest BCUT2D eigenvalue weighted by Gasteiger charge is -2.37. The fourth-order valence-corrected chi connectivity index (χ4v) is 4.82. The maximum atomic E-state index is 5.85. The van der Waals surface area contributed by atoms with Crippen molar-refractivity contribution in [3.63, 3.8) is 0 Å². The maximum Gasteiger partial charge on any atom is 0.602 e. The fraction of sp³-hybridized carbons (Fsp3) is 0.263. The summed E-state index contributed by atoms with van der Waals surface area (Å²) in [6, 6.07) is 4.14. The Balaban J connectivity index is 2.22. The Morgan fingerprint density at radius 3 is 1.29 bits per heavy atom. The summed E-state index contributed by atoms with van der Waals surface area (Å²) in [7, 11) is 9.86. The molecule has 0 atom stereocenters. The second kappa shape index (κ2) is 7.77. The summed E-state index contributed by atoms with van der Waals surface area (Å²) >= 11 is 17.6. The standard InChI is InChI=1S/C19H25BN8S3/c1-21(2)16-6-8-25(9-7-16)20(26-13-10-22(3)17(26)29,27-14-11-23(4)18(27)30)28-15-12-24(5)19(28)31/h6-15H,1-5H3. The first-order chi connectivity index (χ1) is 14.7. The topological polar surface area (TPSA) is 36.7 Å². The summed E-state index contributed by atoms with van der Waals surface area (Å²) < 4.78 is 16.0. The number of aromatic nitrogens is 7. The third-order valence-corrected chi connectivity index (χ3v) is 7.29. The highest BCUT2D eigenvalue weighted by Gasteiger charge is 2.48. The SMILES string of the molecule is CN(C)c1cc[n+]([B-](n2ccn(C)c2=S)(n2ccn(C)c2=S)n2ccn(C)c2=S)cc1. The lowest BCUT2D eigenvalue weighted by atomic mass is 9.71. The van der Waals surface area contributed by atoms with Crippen LogP contribution in [0.15, 0.2) is 61.7 Å². The molecule has 4 heterocycles. The van der Waals surface area contributed by atoms with Crippen molar-refractivity contribution in [2.75, 3.05) is 19.0 Å². The van der Waals surface area contributed by atoms with Crippen molar-refractivity contribution in [1.29, 1.82) is 0 Å². The number of anilines is 1. The molecule has 4 aromatic heterocycles. The van der Waals surface area contributed by atoms with Crippen molar-refractivity contribution < 1.29 is 4.48 Å². The van der Waals surface area contributed by atoms with Gasteiger partial charge in [-0.1, -0.05) is 0 Å². The zero-order chi connectivity index (χ0) is 22.5. The van der Waals surface area contributed by atoms with Crippen molar-refractivity contribution in [3.8, 4) is 0 Å². The number of rotatable bonds is 5. The number of hydrogen-bond acceptors (Lipinski definition) is 4. The van der Waals surface area contributed by atoms with Crippen LogP contribution in [-0.2, 0) is 21.1 Å². The molecular weight excluding hydrogens is 447 g/mol. The Hall–Kier alpha value is -2.70. The molecule has 0 aliphatic rings. The molecule has 8 nitrogen and oxygen atoms in total. The van der Waals surface area contributed by atoms with Gasteiger partial charge in [0.25, 0.3) is 0 Å². The molecule has 0 amide bonds. The third kappa shape index (κ3) is 3.17. The molecular formula is C19H25BN8S3. The molecule has 4 aromatic rings. The second-order valence-electron chi connectivity index (χ2n) is 7.89. The summed E-state index contributed by atoms with van der Waals surface area (Å²) in [6.45, 7) is -1.99. The first-order valence-electron chi connectivity index (χ1n) is 9.76. The van der Waals surface area contributed by atoms with E-state index < -0.39 is 6.69 Å². The van der Waals surface area contributed by atoms with Crippen LogP contribution in [0.4, 0.5) is 5.69 Å². The van der Waals surface area contributed by atoms with Gasteiger partial charge in [-0.3, -0.25) is 0 Å². The number of nitrogens with zero attached hydrogens (tertiary/aromatic N) is 8. The van der Waals surface area contributed by atoms with Crippen LogP contribution < -0.4 is 9.38 Å². The van der Waals surface area contributed by atoms with Crippen molar-refractivity contribution in [3.05, 3.63) is 76.0 Å². The van der Waals surface area contributed by atoms with Crippen LogP contribution in [0.2, 0.25) is 0 Å². The van der Waals surface area contributed by atoms with Gasteiger partial charge in [0.2, 0.25) is 0 Å². The van der Waals surface area contributed by atoms with Gasteiger partial charge >= 0.3 is 6.69 Å². The number of pyridine rings is 1. The van der Waals surface area contributed by atoms with Crippen LogP contribution in [0.1, 0.15) is 0 Å². The first kappa shape index (κ1) is 21.5. The third-order valence-electron chi connectivity index (χ3n) is 5.79. The lowest BCUT2D eigenvalue weighted by molar-refractivity contribution is -0.556. The molecule has 0 fully saturated rings. The molecule has 0 saturated carbocycles. The van der Waals surface area contributed by atoms with Crippen LogP contribution in [0.25, 0.3) is 0 Å². The Kier molecular flexibility index (Phi) is 5.40. The van der Waals surface area contributed by atoms with Gasteiger partial charge in [-0.25, -0.2) is 0 Å². The molecule has 12 heteroatoms. The minimum Gasteiger partial charge on any atom is -0.393 e. The van der Waals surface area contributed by atoms with Gasteiger partial charge in [-0.2, -0.15) is 0 Å². The Morgan fingerprint density at radius 1 is 0.677 bits per heavy atom. The van der Waals surface area contributed by atoms with E-state index in [-0.39, 0.29) is 0 Å². The molecule has 0 aliphatic heterocycles. The maximum absolute atomic E-state index is 5.85. The molecule has 0 spiro atoms. The van der Waals surface area contributed by atoms with E-state index in [2.05, 4.69) is 34.9 Å². The minimum absolute atomic E-state index is 0.653. The molecule has 162 valence electrons. The highest BCUT2D eigenvalue weighted by atomic mass is 32.1. The van der Waals surface area contributed by atoms with E-state index in [0.29, 0.717) is 14.3 Å². The summed E-state index contributed by atoms with van der Waals surface area (Å²) in [6.07, 6.45) is 15.9. The summed E-state index contributed by atoms with van der Waals surface area (Å²) in [5.74, 6) is 0. The van der Waals surface area contributed by atoms with E-state index in [4.69, 9.17) is 36.7 Å². The quantitative estimate of drug-likeness (QED) is 0.331. The molecule has 0 aliphatic carbocycles. The largest absolute Gasteiger partial charge is 0.602 e. The smallest absolute Gasteiger partial charge is 0.393 e. The lowest BCUT2D eigenvalue weighted by Crippen LogP contribution is -2.78. The fourth-order valence-electron chi connectivity index (χ4n) is 4.03.